The van der Waals surface area contributed by atoms with Crippen molar-refractivity contribution in [2.45, 2.75) is 5.01 Å². The lowest BCUT2D eigenvalue weighted by atomic mass is 10.7. The highest BCUT2D eigenvalue weighted by molar-refractivity contribution is 9.09. The molecule has 0 aromatic carbocycles. The summed E-state index contributed by atoms with van der Waals surface area (Å²) in [6.45, 7) is 1.80. The van der Waals surface area contributed by atoms with E-state index in [0.717, 1.165) is 0 Å². The van der Waals surface area contributed by atoms with Gasteiger partial charge >= 0.3 is 0 Å². The van der Waals surface area contributed by atoms with Gasteiger partial charge in [0, 0.05) is 14.2 Å². The molecule has 0 saturated heterocycles. The van der Waals surface area contributed by atoms with Crippen LogP contribution in [0.5, 0.6) is 0 Å². The van der Waals surface area contributed by atoms with Crippen LogP contribution in [-0.4, -0.2) is 39.1 Å². The third-order valence-corrected chi connectivity index (χ3v) is 1.57. The molecule has 62 valence electrons. The minimum atomic E-state index is -0.00986. The van der Waals surface area contributed by atoms with Gasteiger partial charge in [-0.15, -0.1) is 0 Å². The SMILES string of the molecule is COCCOCC(Br)OC. The molecular weight excluding hydrogens is 200 g/mol. The van der Waals surface area contributed by atoms with Gasteiger partial charge in [-0.3, -0.25) is 0 Å². The zero-order valence-corrected chi connectivity index (χ0v) is 7.89. The number of ether oxygens (including phenoxy) is 3. The van der Waals surface area contributed by atoms with E-state index >= 15 is 0 Å². The molecule has 0 aliphatic carbocycles. The van der Waals surface area contributed by atoms with Crippen molar-refractivity contribution < 1.29 is 14.2 Å². The van der Waals surface area contributed by atoms with Crippen LogP contribution in [-0.2, 0) is 14.2 Å². The van der Waals surface area contributed by atoms with Crippen LogP contribution < -0.4 is 0 Å². The predicted octanol–water partition coefficient (Wildman–Crippen LogP) is 1.02. The molecule has 0 bridgehead atoms. The fourth-order valence-corrected chi connectivity index (χ4v) is 0.573. The van der Waals surface area contributed by atoms with Crippen molar-refractivity contribution in [3.63, 3.8) is 0 Å². The van der Waals surface area contributed by atoms with E-state index in [2.05, 4.69) is 15.9 Å². The van der Waals surface area contributed by atoms with Crippen molar-refractivity contribution in [3.05, 3.63) is 0 Å². The van der Waals surface area contributed by atoms with Crippen molar-refractivity contribution in [2.75, 3.05) is 34.0 Å². The molecule has 3 nitrogen and oxygen atoms in total. The van der Waals surface area contributed by atoms with Gasteiger partial charge in [0.1, 0.15) is 5.01 Å². The molecule has 1 unspecified atom stereocenters. The highest BCUT2D eigenvalue weighted by Gasteiger charge is 1.99. The van der Waals surface area contributed by atoms with Gasteiger partial charge in [0.25, 0.3) is 0 Å². The largest absolute Gasteiger partial charge is 0.382 e. The lowest BCUT2D eigenvalue weighted by molar-refractivity contribution is 0.0290. The van der Waals surface area contributed by atoms with E-state index < -0.39 is 0 Å². The average molecular weight is 213 g/mol. The number of methoxy groups -OCH3 is 2. The van der Waals surface area contributed by atoms with E-state index in [1.165, 1.54) is 0 Å². The number of hydrogen-bond donors (Lipinski definition) is 0. The minimum Gasteiger partial charge on any atom is -0.382 e. The van der Waals surface area contributed by atoms with E-state index in [1.807, 2.05) is 0 Å². The first kappa shape index (κ1) is 10.4. The summed E-state index contributed by atoms with van der Waals surface area (Å²) in [6, 6.07) is 0. The van der Waals surface area contributed by atoms with Crippen molar-refractivity contribution >= 4 is 15.9 Å². The molecule has 0 radical (unpaired) electrons. The Labute approximate surface area is 69.8 Å². The molecule has 0 aromatic heterocycles. The molecule has 0 saturated carbocycles. The Bertz CT molecular complexity index is 70.0. The monoisotopic (exact) mass is 212 g/mol. The standard InChI is InChI=1S/C6H13BrO3/c1-8-3-4-10-5-6(7)9-2/h6H,3-5H2,1-2H3. The fraction of sp³-hybridized carbons (Fsp3) is 1.00. The molecule has 0 heterocycles. The Morgan fingerprint density at radius 2 is 2.00 bits per heavy atom. The summed E-state index contributed by atoms with van der Waals surface area (Å²) in [4.78, 5) is 0. The Balaban J connectivity index is 2.89. The van der Waals surface area contributed by atoms with Crippen LogP contribution in [0.1, 0.15) is 0 Å². The molecule has 4 heteroatoms. The lowest BCUT2D eigenvalue weighted by Gasteiger charge is -2.07. The zero-order valence-electron chi connectivity index (χ0n) is 6.30. The van der Waals surface area contributed by atoms with Gasteiger partial charge in [-0.1, -0.05) is 15.9 Å². The average Bonchev–Trinajstić information content (AvgIpc) is 1.98. The van der Waals surface area contributed by atoms with Crippen LogP contribution in [0.3, 0.4) is 0 Å². The summed E-state index contributed by atoms with van der Waals surface area (Å²) in [6.07, 6.45) is 0. The fourth-order valence-electron chi connectivity index (χ4n) is 0.386. The number of alkyl halides is 1. The first-order chi connectivity index (χ1) is 4.81. The normalized spacial score (nSPS) is 13.5. The maximum atomic E-state index is 5.13. The van der Waals surface area contributed by atoms with Crippen molar-refractivity contribution in [1.82, 2.24) is 0 Å². The van der Waals surface area contributed by atoms with E-state index in [-0.39, 0.29) is 5.01 Å². The van der Waals surface area contributed by atoms with Crippen LogP contribution >= 0.6 is 15.9 Å². The highest BCUT2D eigenvalue weighted by Crippen LogP contribution is 1.99. The van der Waals surface area contributed by atoms with Gasteiger partial charge in [0.05, 0.1) is 19.8 Å². The maximum absolute atomic E-state index is 5.13. The first-order valence-corrected chi connectivity index (χ1v) is 3.96. The summed E-state index contributed by atoms with van der Waals surface area (Å²) >= 11 is 3.24. The van der Waals surface area contributed by atoms with E-state index in [0.29, 0.717) is 19.8 Å². The van der Waals surface area contributed by atoms with Gasteiger partial charge < -0.3 is 14.2 Å². The zero-order chi connectivity index (χ0) is 7.82. The summed E-state index contributed by atoms with van der Waals surface area (Å²) in [5.41, 5.74) is 0. The summed E-state index contributed by atoms with van der Waals surface area (Å²) in [7, 11) is 3.27. The van der Waals surface area contributed by atoms with Gasteiger partial charge in [-0.25, -0.2) is 0 Å². The molecule has 10 heavy (non-hydrogen) atoms. The van der Waals surface area contributed by atoms with Gasteiger partial charge in [0.2, 0.25) is 0 Å². The van der Waals surface area contributed by atoms with E-state index in [4.69, 9.17) is 14.2 Å². The third-order valence-electron chi connectivity index (χ3n) is 0.936. The Kier molecular flexibility index (Phi) is 7.74. The molecular formula is C6H13BrO3. The molecule has 0 N–H and O–H groups in total. The Hall–Kier alpha value is 0.360. The van der Waals surface area contributed by atoms with Crippen LogP contribution in [0, 0.1) is 0 Å². The van der Waals surface area contributed by atoms with Gasteiger partial charge in [-0.05, 0) is 0 Å². The van der Waals surface area contributed by atoms with E-state index in [1.54, 1.807) is 14.2 Å². The molecule has 0 spiro atoms. The van der Waals surface area contributed by atoms with Gasteiger partial charge in [0.15, 0.2) is 0 Å². The Morgan fingerprint density at radius 1 is 1.30 bits per heavy atom. The highest BCUT2D eigenvalue weighted by atomic mass is 79.9. The Morgan fingerprint density at radius 3 is 2.50 bits per heavy atom. The van der Waals surface area contributed by atoms with Crippen molar-refractivity contribution in [3.8, 4) is 0 Å². The topological polar surface area (TPSA) is 27.7 Å². The molecule has 0 aromatic rings. The second-order valence-electron chi connectivity index (χ2n) is 1.71. The summed E-state index contributed by atoms with van der Waals surface area (Å²) < 4.78 is 14.8. The number of halogens is 1. The van der Waals surface area contributed by atoms with Crippen LogP contribution in [0.25, 0.3) is 0 Å². The maximum Gasteiger partial charge on any atom is 0.135 e. The summed E-state index contributed by atoms with van der Waals surface area (Å²) in [5.74, 6) is 0. The molecule has 0 aliphatic rings. The van der Waals surface area contributed by atoms with Crippen molar-refractivity contribution in [2.24, 2.45) is 0 Å². The predicted molar refractivity (Wildman–Crippen MR) is 42.4 cm³/mol. The quantitative estimate of drug-likeness (QED) is 0.487. The summed E-state index contributed by atoms with van der Waals surface area (Å²) in [5, 5.41) is -0.00986. The number of rotatable bonds is 6. The molecule has 0 rings (SSSR count). The van der Waals surface area contributed by atoms with Crippen molar-refractivity contribution in [1.29, 1.82) is 0 Å². The van der Waals surface area contributed by atoms with Crippen LogP contribution in [0.2, 0.25) is 0 Å². The molecule has 1 atom stereocenters. The molecule has 0 amide bonds. The second-order valence-corrected chi connectivity index (χ2v) is 2.73. The first-order valence-electron chi connectivity index (χ1n) is 3.04. The smallest absolute Gasteiger partial charge is 0.135 e. The van der Waals surface area contributed by atoms with Crippen LogP contribution in [0.4, 0.5) is 0 Å². The number of hydrogen-bond acceptors (Lipinski definition) is 3. The second kappa shape index (κ2) is 7.47. The lowest BCUT2D eigenvalue weighted by Crippen LogP contribution is -2.12. The third kappa shape index (κ3) is 6.48. The van der Waals surface area contributed by atoms with Gasteiger partial charge in [-0.2, -0.15) is 0 Å². The van der Waals surface area contributed by atoms with Crippen LogP contribution in [0.15, 0.2) is 0 Å². The minimum absolute atomic E-state index is 0.00986. The molecule has 0 fully saturated rings. The van der Waals surface area contributed by atoms with E-state index in [9.17, 15) is 0 Å². The molecule has 0 aliphatic heterocycles.